The number of carbonyl (C=O) groups excluding carboxylic acids is 2. The van der Waals surface area contributed by atoms with Crippen molar-refractivity contribution in [3.63, 3.8) is 0 Å². The molecular weight excluding hydrogens is 377 g/mol. The summed E-state index contributed by atoms with van der Waals surface area (Å²) in [6.45, 7) is 1.58. The van der Waals surface area contributed by atoms with Gasteiger partial charge in [-0.2, -0.15) is 0 Å². The Balaban J connectivity index is 1.54. The molecule has 2 heterocycles. The van der Waals surface area contributed by atoms with Crippen molar-refractivity contribution < 1.29 is 23.1 Å². The number of hydrogen-bond acceptors (Lipinski definition) is 6. The molecule has 0 bridgehead atoms. The van der Waals surface area contributed by atoms with Crippen LogP contribution in [-0.2, 0) is 14.3 Å². The molecule has 3 rings (SSSR count). The van der Waals surface area contributed by atoms with Crippen LogP contribution < -0.4 is 0 Å². The van der Waals surface area contributed by atoms with Crippen molar-refractivity contribution in [2.45, 2.75) is 23.2 Å². The lowest BCUT2D eigenvalue weighted by molar-refractivity contribution is -0.153. The number of nitrogens with zero attached hydrogens (tertiary/aromatic N) is 1. The highest BCUT2D eigenvalue weighted by Crippen LogP contribution is 2.41. The second kappa shape index (κ2) is 8.64. The Bertz CT molecular complexity index is 768. The second-order valence-corrected chi connectivity index (χ2v) is 7.84. The van der Waals surface area contributed by atoms with Crippen LogP contribution in [0.2, 0.25) is 0 Å². The number of ether oxygens (including phenoxy) is 1. The second-order valence-electron chi connectivity index (χ2n) is 5.59. The number of hydrogen-bond donors (Lipinski definition) is 0. The number of carbonyl (C=O) groups is 2. The Hall–Kier alpha value is -1.93. The Morgan fingerprint density at radius 2 is 2.15 bits per heavy atom. The molecule has 0 saturated carbocycles. The van der Waals surface area contributed by atoms with Crippen LogP contribution in [0.1, 0.15) is 18.1 Å². The molecule has 2 atom stereocenters. The van der Waals surface area contributed by atoms with Crippen molar-refractivity contribution in [2.24, 2.45) is 0 Å². The number of esters is 1. The van der Waals surface area contributed by atoms with Crippen molar-refractivity contribution >= 4 is 35.4 Å². The van der Waals surface area contributed by atoms with Crippen molar-refractivity contribution in [3.05, 3.63) is 54.2 Å². The molecule has 1 saturated heterocycles. The standard InChI is InChI=1S/C18H18FNO4S2/c1-12(21)20-14(11-26-17(20)15-6-4-8-23-15)18(22)24-9-10-25-16-7-3-2-5-13(16)19/h2-8,14,17H,9-11H2,1H3/t14-,17-/m0/s1. The van der Waals surface area contributed by atoms with Crippen LogP contribution in [0.5, 0.6) is 0 Å². The minimum Gasteiger partial charge on any atom is -0.466 e. The molecular formula is C18H18FNO4S2. The maximum atomic E-state index is 13.6. The maximum Gasteiger partial charge on any atom is 0.329 e. The van der Waals surface area contributed by atoms with Crippen LogP contribution in [0.25, 0.3) is 0 Å². The third-order valence-electron chi connectivity index (χ3n) is 3.84. The zero-order valence-electron chi connectivity index (χ0n) is 14.1. The highest BCUT2D eigenvalue weighted by atomic mass is 32.2. The molecule has 1 fully saturated rings. The van der Waals surface area contributed by atoms with Gasteiger partial charge in [0, 0.05) is 23.3 Å². The maximum absolute atomic E-state index is 13.6. The lowest BCUT2D eigenvalue weighted by Crippen LogP contribution is -2.42. The van der Waals surface area contributed by atoms with Crippen molar-refractivity contribution in [3.8, 4) is 0 Å². The van der Waals surface area contributed by atoms with Gasteiger partial charge in [0.05, 0.1) is 6.26 Å². The van der Waals surface area contributed by atoms with Crippen molar-refractivity contribution in [1.29, 1.82) is 0 Å². The summed E-state index contributed by atoms with van der Waals surface area (Å²) in [7, 11) is 0. The van der Waals surface area contributed by atoms with Crippen LogP contribution in [-0.4, -0.2) is 40.9 Å². The number of rotatable bonds is 6. The minimum atomic E-state index is -0.647. The van der Waals surface area contributed by atoms with E-state index in [1.165, 1.54) is 41.4 Å². The summed E-state index contributed by atoms with van der Waals surface area (Å²) in [5.41, 5.74) is 0. The highest BCUT2D eigenvalue weighted by molar-refractivity contribution is 7.99. The zero-order chi connectivity index (χ0) is 18.5. The summed E-state index contributed by atoms with van der Waals surface area (Å²) in [6.07, 6.45) is 1.54. The number of thioether (sulfide) groups is 2. The quantitative estimate of drug-likeness (QED) is 0.422. The zero-order valence-corrected chi connectivity index (χ0v) is 15.7. The predicted molar refractivity (Wildman–Crippen MR) is 98.3 cm³/mol. The van der Waals surface area contributed by atoms with Crippen molar-refractivity contribution in [2.75, 3.05) is 18.1 Å². The van der Waals surface area contributed by atoms with Crippen LogP contribution in [0.15, 0.2) is 52.0 Å². The van der Waals surface area contributed by atoms with E-state index in [2.05, 4.69) is 0 Å². The van der Waals surface area contributed by atoms with E-state index in [4.69, 9.17) is 9.15 Å². The molecule has 1 aromatic carbocycles. The topological polar surface area (TPSA) is 59.8 Å². The number of benzene rings is 1. The van der Waals surface area contributed by atoms with Gasteiger partial charge in [0.15, 0.2) is 0 Å². The summed E-state index contributed by atoms with van der Waals surface area (Å²) in [6, 6.07) is 9.35. The molecule has 0 unspecified atom stereocenters. The molecule has 138 valence electrons. The number of halogens is 1. The Kier molecular flexibility index (Phi) is 6.26. The molecule has 1 amide bonds. The predicted octanol–water partition coefficient (Wildman–Crippen LogP) is 3.72. The monoisotopic (exact) mass is 395 g/mol. The van der Waals surface area contributed by atoms with E-state index in [-0.39, 0.29) is 23.7 Å². The van der Waals surface area contributed by atoms with Gasteiger partial charge < -0.3 is 14.1 Å². The van der Waals surface area contributed by atoms with E-state index >= 15 is 0 Å². The molecule has 2 aromatic rings. The first kappa shape index (κ1) is 18.8. The summed E-state index contributed by atoms with van der Waals surface area (Å²) in [5, 5.41) is -0.326. The van der Waals surface area contributed by atoms with Gasteiger partial charge >= 0.3 is 5.97 Å². The molecule has 26 heavy (non-hydrogen) atoms. The summed E-state index contributed by atoms with van der Waals surface area (Å²) >= 11 is 2.75. The fourth-order valence-corrected chi connectivity index (χ4v) is 4.86. The van der Waals surface area contributed by atoms with Gasteiger partial charge in [-0.1, -0.05) is 12.1 Å². The summed E-state index contributed by atoms with van der Waals surface area (Å²) in [4.78, 5) is 26.5. The van der Waals surface area contributed by atoms with E-state index in [1.807, 2.05) is 0 Å². The van der Waals surface area contributed by atoms with Gasteiger partial charge in [0.1, 0.15) is 29.6 Å². The van der Waals surface area contributed by atoms with E-state index in [9.17, 15) is 14.0 Å². The van der Waals surface area contributed by atoms with E-state index in [0.29, 0.717) is 22.2 Å². The molecule has 1 aliphatic heterocycles. The van der Waals surface area contributed by atoms with Crippen molar-refractivity contribution in [1.82, 2.24) is 4.90 Å². The van der Waals surface area contributed by atoms with Gasteiger partial charge in [-0.15, -0.1) is 23.5 Å². The van der Waals surface area contributed by atoms with Gasteiger partial charge in [-0.3, -0.25) is 4.79 Å². The van der Waals surface area contributed by atoms with Crippen LogP contribution in [0.4, 0.5) is 4.39 Å². The van der Waals surface area contributed by atoms with E-state index in [1.54, 1.807) is 36.6 Å². The molecule has 8 heteroatoms. The Labute approximate surface area is 159 Å². The first-order chi connectivity index (χ1) is 12.6. The van der Waals surface area contributed by atoms with Gasteiger partial charge in [0.2, 0.25) is 5.91 Å². The molecule has 1 aromatic heterocycles. The highest BCUT2D eigenvalue weighted by Gasteiger charge is 2.43. The van der Waals surface area contributed by atoms with Crippen LogP contribution in [0.3, 0.4) is 0 Å². The smallest absolute Gasteiger partial charge is 0.329 e. The number of amides is 1. The molecule has 0 aliphatic carbocycles. The fourth-order valence-electron chi connectivity index (χ4n) is 2.68. The third kappa shape index (κ3) is 4.24. The molecule has 1 aliphatic rings. The lowest BCUT2D eigenvalue weighted by atomic mass is 10.2. The van der Waals surface area contributed by atoms with Gasteiger partial charge in [-0.25, -0.2) is 9.18 Å². The van der Waals surface area contributed by atoms with E-state index in [0.717, 1.165) is 0 Å². The molecule has 0 N–H and O–H groups in total. The molecule has 5 nitrogen and oxygen atoms in total. The SMILES string of the molecule is CC(=O)N1[C@H](C(=O)OCCSc2ccccc2F)CS[C@H]1c1ccco1. The third-order valence-corrected chi connectivity index (χ3v) is 6.14. The normalized spacial score (nSPS) is 19.5. The largest absolute Gasteiger partial charge is 0.466 e. The average Bonchev–Trinajstić information content (AvgIpc) is 3.28. The molecule has 0 spiro atoms. The first-order valence-corrected chi connectivity index (χ1v) is 10.1. The van der Waals surface area contributed by atoms with Gasteiger partial charge in [0.25, 0.3) is 0 Å². The summed E-state index contributed by atoms with van der Waals surface area (Å²) < 4.78 is 24.2. The molecule has 0 radical (unpaired) electrons. The van der Waals surface area contributed by atoms with E-state index < -0.39 is 12.0 Å². The fraction of sp³-hybridized carbons (Fsp3) is 0.333. The first-order valence-electron chi connectivity index (χ1n) is 8.06. The van der Waals surface area contributed by atoms with Crippen LogP contribution in [0, 0.1) is 5.82 Å². The average molecular weight is 395 g/mol. The number of furan rings is 1. The summed E-state index contributed by atoms with van der Waals surface area (Å²) in [5.74, 6) is 0.573. The lowest BCUT2D eigenvalue weighted by Gasteiger charge is -2.25. The van der Waals surface area contributed by atoms with Gasteiger partial charge in [-0.05, 0) is 24.3 Å². The Morgan fingerprint density at radius 3 is 2.85 bits per heavy atom. The Morgan fingerprint density at radius 1 is 1.35 bits per heavy atom. The minimum absolute atomic E-state index is 0.149. The van der Waals surface area contributed by atoms with Crippen LogP contribution >= 0.6 is 23.5 Å².